The zero-order valence-corrected chi connectivity index (χ0v) is 15.8. The van der Waals surface area contributed by atoms with Crippen molar-refractivity contribution in [3.63, 3.8) is 0 Å². The van der Waals surface area contributed by atoms with Gasteiger partial charge in [-0.25, -0.2) is 9.59 Å². The number of imide groups is 1. The van der Waals surface area contributed by atoms with Crippen LogP contribution in [0.4, 0.5) is 21.0 Å². The summed E-state index contributed by atoms with van der Waals surface area (Å²) in [5.74, 6) is -0.327. The third kappa shape index (κ3) is 3.03. The highest BCUT2D eigenvalue weighted by atomic mass is 16.2. The number of carbonyl (C=O) groups excluding carboxylic acids is 3. The van der Waals surface area contributed by atoms with E-state index in [9.17, 15) is 19.6 Å². The van der Waals surface area contributed by atoms with Crippen molar-refractivity contribution in [2.24, 2.45) is 0 Å². The number of carbonyl (C=O) groups is 3. The number of hydrogen-bond donors (Lipinski definition) is 2. The van der Waals surface area contributed by atoms with Crippen molar-refractivity contribution >= 4 is 29.3 Å². The van der Waals surface area contributed by atoms with Gasteiger partial charge in [0.05, 0.1) is 17.8 Å². The van der Waals surface area contributed by atoms with Crippen molar-refractivity contribution in [3.05, 3.63) is 23.3 Å². The lowest BCUT2D eigenvalue weighted by Crippen LogP contribution is -2.50. The van der Waals surface area contributed by atoms with Gasteiger partial charge in [0, 0.05) is 33.4 Å². The summed E-state index contributed by atoms with van der Waals surface area (Å²) >= 11 is 0. The van der Waals surface area contributed by atoms with Gasteiger partial charge in [-0.05, 0) is 31.0 Å². The molecule has 0 saturated carbocycles. The van der Waals surface area contributed by atoms with E-state index in [1.807, 2.05) is 25.9 Å². The van der Waals surface area contributed by atoms with Crippen LogP contribution >= 0.6 is 0 Å². The van der Waals surface area contributed by atoms with E-state index in [0.29, 0.717) is 24.2 Å². The van der Waals surface area contributed by atoms with E-state index >= 15 is 0 Å². The summed E-state index contributed by atoms with van der Waals surface area (Å²) in [5, 5.41) is 14.9. The summed E-state index contributed by atoms with van der Waals surface area (Å²) in [5.41, 5.74) is 1.55. The van der Waals surface area contributed by atoms with Gasteiger partial charge in [0.2, 0.25) is 0 Å². The van der Waals surface area contributed by atoms with Crippen LogP contribution in [0, 0.1) is 18.3 Å². The second-order valence-electron chi connectivity index (χ2n) is 7.17. The molecular weight excluding hydrogens is 348 g/mol. The zero-order chi connectivity index (χ0) is 19.9. The van der Waals surface area contributed by atoms with Crippen LogP contribution in [0.15, 0.2) is 12.1 Å². The fourth-order valence-electron chi connectivity index (χ4n) is 3.58. The van der Waals surface area contributed by atoms with E-state index < -0.39 is 17.6 Å². The zero-order valence-electron chi connectivity index (χ0n) is 15.8. The van der Waals surface area contributed by atoms with Gasteiger partial charge in [-0.15, -0.1) is 0 Å². The molecule has 0 aromatic heterocycles. The SMILES string of the molecule is Cc1cc(NC(=O)N2CCC3(C2)NC(=O)N(C)C3=O)c(C#N)cc1N(C)C. The Bertz CT molecular complexity index is 875. The molecule has 2 fully saturated rings. The molecule has 0 bridgehead atoms. The highest BCUT2D eigenvalue weighted by Gasteiger charge is 2.54. The maximum atomic E-state index is 12.7. The van der Waals surface area contributed by atoms with Crippen molar-refractivity contribution in [1.82, 2.24) is 15.1 Å². The molecule has 5 amide bonds. The number of benzene rings is 1. The summed E-state index contributed by atoms with van der Waals surface area (Å²) in [4.78, 5) is 41.2. The third-order valence-corrected chi connectivity index (χ3v) is 5.10. The van der Waals surface area contributed by atoms with Crippen LogP contribution in [0.2, 0.25) is 0 Å². The van der Waals surface area contributed by atoms with Crippen molar-refractivity contribution in [2.45, 2.75) is 18.9 Å². The first kappa shape index (κ1) is 18.5. The Morgan fingerprint density at radius 2 is 2.07 bits per heavy atom. The Balaban J connectivity index is 1.78. The Morgan fingerprint density at radius 1 is 1.37 bits per heavy atom. The van der Waals surface area contributed by atoms with Crippen LogP contribution in [0.5, 0.6) is 0 Å². The number of nitrogens with zero attached hydrogens (tertiary/aromatic N) is 4. The van der Waals surface area contributed by atoms with Crippen LogP contribution in [0.1, 0.15) is 17.5 Å². The van der Waals surface area contributed by atoms with Crippen molar-refractivity contribution in [1.29, 1.82) is 5.26 Å². The molecule has 9 heteroatoms. The van der Waals surface area contributed by atoms with Crippen molar-refractivity contribution in [3.8, 4) is 6.07 Å². The number of anilines is 2. The molecule has 2 aliphatic rings. The molecule has 0 radical (unpaired) electrons. The van der Waals surface area contributed by atoms with Gasteiger partial charge in [-0.2, -0.15) is 5.26 Å². The van der Waals surface area contributed by atoms with Gasteiger partial charge in [0.1, 0.15) is 11.6 Å². The van der Waals surface area contributed by atoms with Gasteiger partial charge < -0.3 is 20.4 Å². The number of hydrogen-bond acceptors (Lipinski definition) is 5. The lowest BCUT2D eigenvalue weighted by Gasteiger charge is -2.23. The van der Waals surface area contributed by atoms with Crippen LogP contribution in [-0.4, -0.2) is 67.5 Å². The van der Waals surface area contributed by atoms with E-state index in [4.69, 9.17) is 0 Å². The number of nitriles is 1. The molecule has 1 unspecified atom stereocenters. The molecule has 1 aromatic rings. The smallest absolute Gasteiger partial charge is 0.324 e. The van der Waals surface area contributed by atoms with Gasteiger partial charge in [0.25, 0.3) is 5.91 Å². The molecule has 1 spiro atoms. The minimum Gasteiger partial charge on any atom is -0.377 e. The highest BCUT2D eigenvalue weighted by Crippen LogP contribution is 2.30. The first-order valence-electron chi connectivity index (χ1n) is 8.57. The second-order valence-corrected chi connectivity index (χ2v) is 7.17. The molecule has 1 atom stereocenters. The predicted molar refractivity (Wildman–Crippen MR) is 99.5 cm³/mol. The van der Waals surface area contributed by atoms with Gasteiger partial charge in [0.15, 0.2) is 0 Å². The topological polar surface area (TPSA) is 109 Å². The number of urea groups is 2. The number of likely N-dealkylation sites (tertiary alicyclic amines) is 1. The molecule has 2 heterocycles. The minimum absolute atomic E-state index is 0.102. The van der Waals surface area contributed by atoms with E-state index in [2.05, 4.69) is 16.7 Å². The van der Waals surface area contributed by atoms with Crippen LogP contribution in [0.25, 0.3) is 0 Å². The summed E-state index contributed by atoms with van der Waals surface area (Å²) in [7, 11) is 5.19. The van der Waals surface area contributed by atoms with Gasteiger partial charge in [-0.3, -0.25) is 9.69 Å². The standard InChI is InChI=1S/C18H22N6O3/c1-11-7-13(12(9-19)8-14(11)22(2)3)20-16(26)24-6-5-18(10-24)15(25)23(4)17(27)21-18/h7-8H,5-6,10H2,1-4H3,(H,20,26)(H,21,27). The molecule has 2 saturated heterocycles. The fourth-order valence-corrected chi connectivity index (χ4v) is 3.58. The molecule has 9 nitrogen and oxygen atoms in total. The van der Waals surface area contributed by atoms with Crippen LogP contribution in [-0.2, 0) is 4.79 Å². The largest absolute Gasteiger partial charge is 0.377 e. The van der Waals surface area contributed by atoms with E-state index in [0.717, 1.165) is 16.2 Å². The maximum Gasteiger partial charge on any atom is 0.324 e. The molecule has 3 rings (SSSR count). The summed E-state index contributed by atoms with van der Waals surface area (Å²) in [6.07, 6.45) is 0.360. The van der Waals surface area contributed by atoms with Crippen LogP contribution in [0.3, 0.4) is 0 Å². The summed E-state index contributed by atoms with van der Waals surface area (Å²) in [6.45, 7) is 2.34. The second kappa shape index (κ2) is 6.46. The monoisotopic (exact) mass is 370 g/mol. The average Bonchev–Trinajstić information content (AvgIpc) is 3.13. The van der Waals surface area contributed by atoms with Gasteiger partial charge in [-0.1, -0.05) is 0 Å². The molecule has 1 aromatic carbocycles. The predicted octanol–water partition coefficient (Wildman–Crippen LogP) is 1.09. The highest BCUT2D eigenvalue weighted by molar-refractivity contribution is 6.07. The number of likely N-dealkylation sites (N-methyl/N-ethyl adjacent to an activating group) is 1. The molecule has 2 N–H and O–H groups in total. The van der Waals surface area contributed by atoms with E-state index in [1.54, 1.807) is 12.1 Å². The fraction of sp³-hybridized carbons (Fsp3) is 0.444. The molecule has 142 valence electrons. The minimum atomic E-state index is -1.05. The van der Waals surface area contributed by atoms with Gasteiger partial charge >= 0.3 is 12.1 Å². The summed E-state index contributed by atoms with van der Waals surface area (Å²) in [6, 6.07) is 4.73. The maximum absolute atomic E-state index is 12.7. The number of rotatable bonds is 2. The molecule has 2 aliphatic heterocycles. The normalized spacial score (nSPS) is 21.4. The Labute approximate surface area is 157 Å². The number of aryl methyl sites for hydroxylation is 1. The number of nitrogens with one attached hydrogen (secondary N) is 2. The van der Waals surface area contributed by atoms with E-state index in [1.165, 1.54) is 11.9 Å². The first-order chi connectivity index (χ1) is 12.7. The van der Waals surface area contributed by atoms with E-state index in [-0.39, 0.29) is 12.5 Å². The lowest BCUT2D eigenvalue weighted by molar-refractivity contribution is -0.129. The first-order valence-corrected chi connectivity index (χ1v) is 8.57. The molecular formula is C18H22N6O3. The Morgan fingerprint density at radius 3 is 2.63 bits per heavy atom. The lowest BCUT2D eigenvalue weighted by atomic mass is 9.99. The van der Waals surface area contributed by atoms with Crippen molar-refractivity contribution in [2.75, 3.05) is 44.4 Å². The summed E-state index contributed by atoms with van der Waals surface area (Å²) < 4.78 is 0. The quantitative estimate of drug-likeness (QED) is 0.758. The average molecular weight is 370 g/mol. The third-order valence-electron chi connectivity index (χ3n) is 5.10. The van der Waals surface area contributed by atoms with Crippen LogP contribution < -0.4 is 15.5 Å². The Kier molecular flexibility index (Phi) is 4.43. The van der Waals surface area contributed by atoms with Crippen molar-refractivity contribution < 1.29 is 14.4 Å². The molecule has 27 heavy (non-hydrogen) atoms. The Hall–Kier alpha value is -3.28. The number of amides is 5. The molecule has 0 aliphatic carbocycles.